The molecule has 0 bridgehead atoms. The smallest absolute Gasteiger partial charge is 0.271 e. The maximum absolute atomic E-state index is 13.2. The second kappa shape index (κ2) is 8.31. The van der Waals surface area contributed by atoms with E-state index in [1.165, 1.54) is 12.1 Å². The lowest BCUT2D eigenvalue weighted by Gasteiger charge is -2.10. The summed E-state index contributed by atoms with van der Waals surface area (Å²) < 4.78 is 15.0. The van der Waals surface area contributed by atoms with E-state index in [1.54, 1.807) is 49.0 Å². The normalized spacial score (nSPS) is 10.6. The van der Waals surface area contributed by atoms with Crippen LogP contribution in [0.3, 0.4) is 0 Å². The van der Waals surface area contributed by atoms with Crippen molar-refractivity contribution in [2.75, 3.05) is 6.26 Å². The van der Waals surface area contributed by atoms with Crippen molar-refractivity contribution < 1.29 is 14.0 Å². The Labute approximate surface area is 166 Å². The quantitative estimate of drug-likeness (QED) is 0.516. The molecule has 3 rings (SSSR count). The molecule has 144 valence electrons. The Morgan fingerprint density at radius 3 is 2.14 bits per heavy atom. The summed E-state index contributed by atoms with van der Waals surface area (Å²) in [5.41, 5.74) is 8.05. The fraction of sp³-hybridized carbons (Fsp3) is 0.143. The number of amides is 2. The lowest BCUT2D eigenvalue weighted by atomic mass is 10.2. The number of carbonyl (C=O) groups excluding carboxylic acids is 2. The maximum Gasteiger partial charge on any atom is 0.271 e. The summed E-state index contributed by atoms with van der Waals surface area (Å²) in [5, 5.41) is 0. The monoisotopic (exact) mass is 397 g/mol. The summed E-state index contributed by atoms with van der Waals surface area (Å²) >= 11 is 1.58. The molecule has 3 aromatic rings. The van der Waals surface area contributed by atoms with Crippen LogP contribution in [0.25, 0.3) is 5.69 Å². The first-order valence-corrected chi connectivity index (χ1v) is 9.83. The number of aromatic nitrogens is 1. The Kier molecular flexibility index (Phi) is 5.84. The first-order chi connectivity index (χ1) is 13.4. The van der Waals surface area contributed by atoms with Crippen molar-refractivity contribution in [2.45, 2.75) is 18.7 Å². The predicted molar refractivity (Wildman–Crippen MR) is 108 cm³/mol. The topological polar surface area (TPSA) is 63.1 Å². The van der Waals surface area contributed by atoms with Crippen LogP contribution in [0.1, 0.15) is 32.1 Å². The molecule has 2 amide bonds. The van der Waals surface area contributed by atoms with Crippen LogP contribution < -0.4 is 10.9 Å². The van der Waals surface area contributed by atoms with E-state index < -0.39 is 11.8 Å². The van der Waals surface area contributed by atoms with Gasteiger partial charge >= 0.3 is 0 Å². The first-order valence-electron chi connectivity index (χ1n) is 8.60. The fourth-order valence-electron chi connectivity index (χ4n) is 2.98. The van der Waals surface area contributed by atoms with E-state index >= 15 is 0 Å². The van der Waals surface area contributed by atoms with Gasteiger partial charge in [0.05, 0.1) is 5.56 Å². The average Bonchev–Trinajstić information content (AvgIpc) is 3.01. The van der Waals surface area contributed by atoms with Crippen LogP contribution in [-0.4, -0.2) is 22.6 Å². The summed E-state index contributed by atoms with van der Waals surface area (Å²) in [6, 6.07) is 14.9. The van der Waals surface area contributed by atoms with Crippen molar-refractivity contribution in [2.24, 2.45) is 0 Å². The van der Waals surface area contributed by atoms with Gasteiger partial charge in [0.1, 0.15) is 5.82 Å². The second-order valence-electron chi connectivity index (χ2n) is 6.23. The molecule has 28 heavy (non-hydrogen) atoms. The molecule has 5 nitrogen and oxygen atoms in total. The highest BCUT2D eigenvalue weighted by Gasteiger charge is 2.17. The minimum absolute atomic E-state index is 0.322. The molecule has 1 heterocycles. The zero-order valence-electron chi connectivity index (χ0n) is 15.7. The Balaban J connectivity index is 1.73. The molecule has 0 atom stereocenters. The number of benzene rings is 2. The predicted octanol–water partition coefficient (Wildman–Crippen LogP) is 4.03. The van der Waals surface area contributed by atoms with E-state index in [0.717, 1.165) is 16.3 Å². The minimum atomic E-state index is -0.421. The molecule has 0 saturated carbocycles. The van der Waals surface area contributed by atoms with Crippen LogP contribution in [-0.2, 0) is 0 Å². The van der Waals surface area contributed by atoms with E-state index in [9.17, 15) is 14.0 Å². The van der Waals surface area contributed by atoms with Crippen LogP contribution in [0, 0.1) is 19.7 Å². The first kappa shape index (κ1) is 19.7. The van der Waals surface area contributed by atoms with Gasteiger partial charge in [0.2, 0.25) is 0 Å². The fourth-order valence-corrected chi connectivity index (χ4v) is 3.38. The van der Waals surface area contributed by atoms with Gasteiger partial charge in [-0.15, -0.1) is 11.8 Å². The van der Waals surface area contributed by atoms with Gasteiger partial charge in [0, 0.05) is 27.5 Å². The van der Waals surface area contributed by atoms with E-state index in [4.69, 9.17) is 0 Å². The van der Waals surface area contributed by atoms with Gasteiger partial charge in [0.25, 0.3) is 11.8 Å². The molecular formula is C21H20FN3O2S. The molecule has 0 fully saturated rings. The number of nitrogens with zero attached hydrogens (tertiary/aromatic N) is 1. The number of hydrazine groups is 1. The Morgan fingerprint density at radius 2 is 1.54 bits per heavy atom. The molecule has 0 spiro atoms. The minimum Gasteiger partial charge on any atom is -0.318 e. The molecule has 1 aromatic heterocycles. The van der Waals surface area contributed by atoms with Crippen molar-refractivity contribution in [1.29, 1.82) is 0 Å². The Morgan fingerprint density at radius 1 is 0.929 bits per heavy atom. The van der Waals surface area contributed by atoms with Gasteiger partial charge in [0.15, 0.2) is 0 Å². The van der Waals surface area contributed by atoms with Crippen molar-refractivity contribution in [3.63, 3.8) is 0 Å². The standard InChI is InChI=1S/C21H20FN3O2S/c1-13-12-19(14(2)25(13)17-8-6-16(22)7-9-17)21(27)24-23-20(26)15-4-10-18(28-3)11-5-15/h4-12H,1-3H3,(H,23,26)(H,24,27). The zero-order chi connectivity index (χ0) is 20.3. The van der Waals surface area contributed by atoms with Crippen molar-refractivity contribution in [3.05, 3.63) is 82.9 Å². The Bertz CT molecular complexity index is 1010. The van der Waals surface area contributed by atoms with E-state index in [1.807, 2.05) is 29.9 Å². The molecule has 0 aliphatic carbocycles. The number of rotatable bonds is 4. The van der Waals surface area contributed by atoms with Crippen LogP contribution in [0.5, 0.6) is 0 Å². The molecule has 7 heteroatoms. The molecule has 0 aliphatic rings. The molecule has 0 saturated heterocycles. The highest BCUT2D eigenvalue weighted by atomic mass is 32.2. The molecule has 0 unspecified atom stereocenters. The van der Waals surface area contributed by atoms with Crippen molar-refractivity contribution >= 4 is 23.6 Å². The average molecular weight is 397 g/mol. The molecule has 2 N–H and O–H groups in total. The summed E-state index contributed by atoms with van der Waals surface area (Å²) in [4.78, 5) is 25.8. The molecular weight excluding hydrogens is 377 g/mol. The van der Waals surface area contributed by atoms with Crippen LogP contribution in [0.4, 0.5) is 4.39 Å². The van der Waals surface area contributed by atoms with E-state index in [2.05, 4.69) is 10.9 Å². The number of hydrogen-bond acceptors (Lipinski definition) is 3. The third-order valence-corrected chi connectivity index (χ3v) is 5.15. The SMILES string of the molecule is CSc1ccc(C(=O)NNC(=O)c2cc(C)n(-c3ccc(F)cc3)c2C)cc1. The van der Waals surface area contributed by atoms with Crippen LogP contribution in [0.15, 0.2) is 59.5 Å². The summed E-state index contributed by atoms with van der Waals surface area (Å²) in [7, 11) is 0. The van der Waals surface area contributed by atoms with Gasteiger partial charge < -0.3 is 4.57 Å². The van der Waals surface area contributed by atoms with Crippen molar-refractivity contribution in [1.82, 2.24) is 15.4 Å². The third kappa shape index (κ3) is 4.09. The lowest BCUT2D eigenvalue weighted by Crippen LogP contribution is -2.41. The van der Waals surface area contributed by atoms with Gasteiger partial charge in [-0.05, 0) is 74.7 Å². The molecule has 2 aromatic carbocycles. The van der Waals surface area contributed by atoms with Gasteiger partial charge in [-0.25, -0.2) is 4.39 Å². The summed E-state index contributed by atoms with van der Waals surface area (Å²) in [5.74, 6) is -1.14. The molecule has 0 radical (unpaired) electrons. The van der Waals surface area contributed by atoms with E-state index in [0.29, 0.717) is 16.8 Å². The lowest BCUT2D eigenvalue weighted by molar-refractivity contribution is 0.0846. The number of nitrogens with one attached hydrogen (secondary N) is 2. The number of thioether (sulfide) groups is 1. The zero-order valence-corrected chi connectivity index (χ0v) is 16.6. The number of halogens is 1. The highest BCUT2D eigenvalue weighted by molar-refractivity contribution is 7.98. The van der Waals surface area contributed by atoms with Gasteiger partial charge in [-0.3, -0.25) is 20.4 Å². The largest absolute Gasteiger partial charge is 0.318 e. The number of hydrogen-bond donors (Lipinski definition) is 2. The number of aryl methyl sites for hydroxylation is 1. The number of carbonyl (C=O) groups is 2. The van der Waals surface area contributed by atoms with Crippen LogP contribution in [0.2, 0.25) is 0 Å². The second-order valence-corrected chi connectivity index (χ2v) is 7.11. The third-order valence-electron chi connectivity index (χ3n) is 4.40. The summed E-state index contributed by atoms with van der Waals surface area (Å²) in [6.07, 6.45) is 1.96. The summed E-state index contributed by atoms with van der Waals surface area (Å²) in [6.45, 7) is 3.66. The van der Waals surface area contributed by atoms with Gasteiger partial charge in [-0.2, -0.15) is 0 Å². The van der Waals surface area contributed by atoms with Crippen molar-refractivity contribution in [3.8, 4) is 5.69 Å². The molecule has 0 aliphatic heterocycles. The van der Waals surface area contributed by atoms with Crippen LogP contribution >= 0.6 is 11.8 Å². The maximum atomic E-state index is 13.2. The van der Waals surface area contributed by atoms with Gasteiger partial charge in [-0.1, -0.05) is 0 Å². The highest BCUT2D eigenvalue weighted by Crippen LogP contribution is 2.21. The van der Waals surface area contributed by atoms with E-state index in [-0.39, 0.29) is 5.82 Å². The Hall–Kier alpha value is -3.06.